The van der Waals surface area contributed by atoms with Gasteiger partial charge in [0, 0.05) is 44.7 Å². The number of halogens is 1. The molecule has 36 heavy (non-hydrogen) atoms. The molecule has 0 unspecified atom stereocenters. The summed E-state index contributed by atoms with van der Waals surface area (Å²) < 4.78 is 24.4. The van der Waals surface area contributed by atoms with Gasteiger partial charge in [-0.05, 0) is 61.4 Å². The van der Waals surface area contributed by atoms with E-state index in [1.807, 2.05) is 0 Å². The van der Waals surface area contributed by atoms with Crippen LogP contribution in [0.2, 0.25) is 0 Å². The maximum atomic E-state index is 13.1. The molecule has 2 amide bonds. The molecule has 0 saturated carbocycles. The highest BCUT2D eigenvalue weighted by Gasteiger charge is 2.24. The zero-order chi connectivity index (χ0) is 25.9. The second-order valence-electron chi connectivity index (χ2n) is 8.56. The molecular formula is C27H31FN4O4. The van der Waals surface area contributed by atoms with E-state index in [0.717, 1.165) is 25.9 Å². The monoisotopic (exact) mass is 494 g/mol. The van der Waals surface area contributed by atoms with Gasteiger partial charge in [-0.1, -0.05) is 0 Å². The number of ether oxygens (including phenoxy) is 2. The highest BCUT2D eigenvalue weighted by Crippen LogP contribution is 2.22. The second kappa shape index (κ2) is 13.3. The van der Waals surface area contributed by atoms with Crippen LogP contribution in [0.1, 0.15) is 30.4 Å². The summed E-state index contributed by atoms with van der Waals surface area (Å²) >= 11 is 0. The van der Waals surface area contributed by atoms with Crippen LogP contribution in [-0.2, 0) is 9.59 Å². The quantitative estimate of drug-likeness (QED) is 0.493. The third-order valence-electron chi connectivity index (χ3n) is 5.96. The largest absolute Gasteiger partial charge is 0.496 e. The Hall–Kier alpha value is -3.90. The molecule has 8 nitrogen and oxygen atoms in total. The molecule has 3 rings (SSSR count). The van der Waals surface area contributed by atoms with Crippen LogP contribution < -0.4 is 20.1 Å². The van der Waals surface area contributed by atoms with Crippen molar-refractivity contribution in [1.29, 1.82) is 5.26 Å². The molecule has 1 atom stereocenters. The highest BCUT2D eigenvalue weighted by molar-refractivity contribution is 5.92. The zero-order valence-electron chi connectivity index (χ0n) is 20.5. The number of benzene rings is 2. The molecule has 1 fully saturated rings. The molecule has 0 aliphatic carbocycles. The summed E-state index contributed by atoms with van der Waals surface area (Å²) in [6, 6.07) is 12.6. The van der Waals surface area contributed by atoms with E-state index >= 15 is 0 Å². The van der Waals surface area contributed by atoms with Gasteiger partial charge in [0.25, 0.3) is 0 Å². The van der Waals surface area contributed by atoms with Gasteiger partial charge in [-0.3, -0.25) is 9.59 Å². The maximum absolute atomic E-state index is 13.1. The minimum atomic E-state index is -0.385. The lowest BCUT2D eigenvalue weighted by Crippen LogP contribution is -2.48. The Bertz CT molecular complexity index is 1110. The lowest BCUT2D eigenvalue weighted by molar-refractivity contribution is -0.122. The molecule has 9 heteroatoms. The van der Waals surface area contributed by atoms with Crippen molar-refractivity contribution in [1.82, 2.24) is 15.5 Å². The summed E-state index contributed by atoms with van der Waals surface area (Å²) in [5.41, 5.74) is 1.07. The number of hydrogen-bond acceptors (Lipinski definition) is 6. The van der Waals surface area contributed by atoms with Gasteiger partial charge in [0.2, 0.25) is 11.8 Å². The van der Waals surface area contributed by atoms with Crippen LogP contribution in [0.5, 0.6) is 11.5 Å². The summed E-state index contributed by atoms with van der Waals surface area (Å²) in [4.78, 5) is 26.9. The van der Waals surface area contributed by atoms with Gasteiger partial charge in [-0.2, -0.15) is 5.26 Å². The van der Waals surface area contributed by atoms with E-state index in [-0.39, 0.29) is 36.2 Å². The van der Waals surface area contributed by atoms with E-state index in [1.54, 1.807) is 43.5 Å². The number of nitrogens with one attached hydrogen (secondary N) is 2. The molecule has 0 radical (unpaired) electrons. The maximum Gasteiger partial charge on any atom is 0.244 e. The first-order valence-corrected chi connectivity index (χ1v) is 11.8. The van der Waals surface area contributed by atoms with Crippen LogP contribution in [0.4, 0.5) is 4.39 Å². The van der Waals surface area contributed by atoms with Gasteiger partial charge in [-0.25, -0.2) is 4.39 Å². The average Bonchev–Trinajstić information content (AvgIpc) is 2.89. The van der Waals surface area contributed by atoms with Gasteiger partial charge in [-0.15, -0.1) is 0 Å². The molecule has 190 valence electrons. The predicted molar refractivity (Wildman–Crippen MR) is 134 cm³/mol. The zero-order valence-corrected chi connectivity index (χ0v) is 20.5. The second-order valence-corrected chi connectivity index (χ2v) is 8.56. The normalized spacial score (nSPS) is 15.2. The summed E-state index contributed by atoms with van der Waals surface area (Å²) in [6.45, 7) is 2.02. The van der Waals surface area contributed by atoms with Crippen LogP contribution >= 0.6 is 0 Å². The van der Waals surface area contributed by atoms with Crippen LogP contribution in [-0.4, -0.2) is 62.7 Å². The van der Waals surface area contributed by atoms with Crippen LogP contribution in [0, 0.1) is 17.1 Å². The Labute approximate surface area is 210 Å². The molecule has 1 saturated heterocycles. The van der Waals surface area contributed by atoms with Crippen molar-refractivity contribution in [2.24, 2.45) is 0 Å². The van der Waals surface area contributed by atoms with E-state index in [1.165, 1.54) is 25.3 Å². The molecule has 2 aromatic rings. The lowest BCUT2D eigenvalue weighted by Gasteiger charge is -2.34. The van der Waals surface area contributed by atoms with E-state index in [4.69, 9.17) is 14.7 Å². The van der Waals surface area contributed by atoms with Crippen molar-refractivity contribution in [3.05, 3.63) is 65.5 Å². The third kappa shape index (κ3) is 8.10. The number of carbonyl (C=O) groups excluding carboxylic acids is 2. The summed E-state index contributed by atoms with van der Waals surface area (Å²) in [6.07, 6.45) is 4.71. The molecule has 0 bridgehead atoms. The molecule has 1 aliphatic heterocycles. The van der Waals surface area contributed by atoms with Crippen LogP contribution in [0.25, 0.3) is 6.08 Å². The van der Waals surface area contributed by atoms with Gasteiger partial charge in [0.15, 0.2) is 0 Å². The van der Waals surface area contributed by atoms with E-state index < -0.39 is 0 Å². The van der Waals surface area contributed by atoms with Crippen LogP contribution in [0.15, 0.2) is 48.5 Å². The molecular weight excluding hydrogens is 463 g/mol. The van der Waals surface area contributed by atoms with Gasteiger partial charge in [0.1, 0.15) is 23.4 Å². The Kier molecular flexibility index (Phi) is 9.83. The Morgan fingerprint density at radius 2 is 1.94 bits per heavy atom. The van der Waals surface area contributed by atoms with Crippen molar-refractivity contribution >= 4 is 17.9 Å². The van der Waals surface area contributed by atoms with Crippen molar-refractivity contribution in [3.8, 4) is 17.6 Å². The van der Waals surface area contributed by atoms with Gasteiger partial charge >= 0.3 is 0 Å². The first-order valence-electron chi connectivity index (χ1n) is 11.8. The van der Waals surface area contributed by atoms with Crippen LogP contribution in [0.3, 0.4) is 0 Å². The Morgan fingerprint density at radius 1 is 1.22 bits per heavy atom. The minimum absolute atomic E-state index is 0.0285. The topological polar surface area (TPSA) is 104 Å². The fourth-order valence-corrected chi connectivity index (χ4v) is 4.06. The number of likely N-dealkylation sites (tertiary alicyclic amines) is 1. The number of carbonyl (C=O) groups is 2. The lowest BCUT2D eigenvalue weighted by atomic mass is 10.1. The summed E-state index contributed by atoms with van der Waals surface area (Å²) in [7, 11) is 3.08. The number of nitriles is 1. The van der Waals surface area contributed by atoms with Crippen molar-refractivity contribution < 1.29 is 23.5 Å². The number of amides is 2. The van der Waals surface area contributed by atoms with E-state index in [2.05, 4.69) is 21.6 Å². The Morgan fingerprint density at radius 3 is 2.58 bits per heavy atom. The van der Waals surface area contributed by atoms with Gasteiger partial charge < -0.3 is 25.0 Å². The van der Waals surface area contributed by atoms with E-state index in [0.29, 0.717) is 29.2 Å². The molecule has 1 aliphatic rings. The number of methoxy groups -OCH3 is 1. The number of piperidine rings is 1. The van der Waals surface area contributed by atoms with Crippen molar-refractivity contribution in [2.75, 3.05) is 33.8 Å². The number of hydrogen-bond donors (Lipinski definition) is 2. The molecule has 0 aromatic heterocycles. The Balaban J connectivity index is 1.56. The number of rotatable bonds is 10. The fourth-order valence-electron chi connectivity index (χ4n) is 4.06. The standard InChI is InChI=1S/C27H31FN4O4/c1-30-27(34)16-22(31-26(33)10-4-20-15-19(17-29)3-9-25(20)35-2)18-32-13-11-24(12-14-32)36-23-7-5-21(28)6-8-23/h3-10,15,22,24H,11-14,16,18H2,1-2H3,(H,30,34)(H,31,33)/b10-4+/t22-/m1/s1. The summed E-state index contributed by atoms with van der Waals surface area (Å²) in [5, 5.41) is 14.7. The average molecular weight is 495 g/mol. The number of nitrogens with zero attached hydrogens (tertiary/aromatic N) is 2. The van der Waals surface area contributed by atoms with Crippen molar-refractivity contribution in [2.45, 2.75) is 31.4 Å². The van der Waals surface area contributed by atoms with Crippen molar-refractivity contribution in [3.63, 3.8) is 0 Å². The molecule has 1 heterocycles. The van der Waals surface area contributed by atoms with Gasteiger partial charge in [0.05, 0.1) is 24.8 Å². The fraction of sp³-hybridized carbons (Fsp3) is 0.370. The predicted octanol–water partition coefficient (Wildman–Crippen LogP) is 2.88. The molecule has 2 aromatic carbocycles. The highest BCUT2D eigenvalue weighted by atomic mass is 19.1. The minimum Gasteiger partial charge on any atom is -0.496 e. The SMILES string of the molecule is CNC(=O)C[C@H](CN1CCC(Oc2ccc(F)cc2)CC1)NC(=O)/C=C/c1cc(C#N)ccc1OC. The smallest absolute Gasteiger partial charge is 0.244 e. The first-order chi connectivity index (χ1) is 17.4. The van der Waals surface area contributed by atoms with E-state index in [9.17, 15) is 14.0 Å². The molecule has 0 spiro atoms. The summed E-state index contributed by atoms with van der Waals surface area (Å²) in [5.74, 6) is 0.380. The first kappa shape index (κ1) is 26.7. The third-order valence-corrected chi connectivity index (χ3v) is 5.96. The molecule has 2 N–H and O–H groups in total.